The molecule has 0 saturated heterocycles. The van der Waals surface area contributed by atoms with Gasteiger partial charge in [0.1, 0.15) is 6.17 Å². The van der Waals surface area contributed by atoms with E-state index in [1.54, 1.807) is 0 Å². The van der Waals surface area contributed by atoms with Gasteiger partial charge >= 0.3 is 0 Å². The summed E-state index contributed by atoms with van der Waals surface area (Å²) in [6, 6.07) is 0. The summed E-state index contributed by atoms with van der Waals surface area (Å²) in [6.45, 7) is 5.87. The topological polar surface area (TPSA) is 9.23 Å². The quantitative estimate of drug-likeness (QED) is 0.572. The van der Waals surface area contributed by atoms with Crippen LogP contribution in [-0.4, -0.2) is 18.9 Å². The van der Waals surface area contributed by atoms with Crippen LogP contribution in [0.1, 0.15) is 27.2 Å². The molecule has 2 heteroatoms. The smallest absolute Gasteiger partial charge is 0.123 e. The van der Waals surface area contributed by atoms with E-state index in [4.69, 9.17) is 4.74 Å². The van der Waals surface area contributed by atoms with Gasteiger partial charge in [-0.1, -0.05) is 6.92 Å². The van der Waals surface area contributed by atoms with Gasteiger partial charge in [0.15, 0.2) is 0 Å². The largest absolute Gasteiger partial charge is 0.376 e. The van der Waals surface area contributed by atoms with E-state index in [0.717, 1.165) is 0 Å². The second-order valence-electron chi connectivity index (χ2n) is 2.39. The van der Waals surface area contributed by atoms with E-state index in [-0.39, 0.29) is 12.7 Å². The Morgan fingerprint density at radius 3 is 2.33 bits per heavy atom. The van der Waals surface area contributed by atoms with Crippen LogP contribution < -0.4 is 0 Å². The molecule has 0 amide bonds. The van der Waals surface area contributed by atoms with Crippen molar-refractivity contribution in [3.63, 3.8) is 0 Å². The molecule has 56 valence electrons. The molecule has 1 atom stereocenters. The summed E-state index contributed by atoms with van der Waals surface area (Å²) in [5.74, 6) is 0. The molecule has 0 aromatic heterocycles. The highest BCUT2D eigenvalue weighted by Crippen LogP contribution is 1.98. The zero-order chi connectivity index (χ0) is 7.28. The lowest BCUT2D eigenvalue weighted by molar-refractivity contribution is 0.0374. The summed E-state index contributed by atoms with van der Waals surface area (Å²) < 4.78 is 17.4. The molecule has 0 heterocycles. The van der Waals surface area contributed by atoms with Crippen molar-refractivity contribution in [3.8, 4) is 0 Å². The monoisotopic (exact) mass is 134 g/mol. The van der Waals surface area contributed by atoms with Crippen molar-refractivity contribution in [1.29, 1.82) is 0 Å². The third kappa shape index (κ3) is 5.77. The van der Waals surface area contributed by atoms with Gasteiger partial charge in [-0.2, -0.15) is 0 Å². The standard InChI is InChI=1S/C7H15FO/c1-4-7(8)5-9-6(2)3/h6-7H,4-5H2,1-3H3/t7-/m0/s1. The first kappa shape index (κ1) is 8.89. The van der Waals surface area contributed by atoms with Gasteiger partial charge in [0, 0.05) is 0 Å². The normalized spacial score (nSPS) is 14.3. The molecule has 0 bridgehead atoms. The predicted molar refractivity (Wildman–Crippen MR) is 36.3 cm³/mol. The minimum absolute atomic E-state index is 0.148. The van der Waals surface area contributed by atoms with Gasteiger partial charge in [0.2, 0.25) is 0 Å². The Balaban J connectivity index is 3.06. The fourth-order valence-corrected chi connectivity index (χ4v) is 0.415. The Labute approximate surface area is 56.2 Å². The van der Waals surface area contributed by atoms with E-state index in [2.05, 4.69) is 0 Å². The molecular formula is C7H15FO. The van der Waals surface area contributed by atoms with Crippen LogP contribution in [-0.2, 0) is 4.74 Å². The van der Waals surface area contributed by atoms with Crippen LogP contribution in [0.5, 0.6) is 0 Å². The number of hydrogen-bond donors (Lipinski definition) is 0. The maximum Gasteiger partial charge on any atom is 0.123 e. The van der Waals surface area contributed by atoms with Gasteiger partial charge in [0.05, 0.1) is 12.7 Å². The maximum atomic E-state index is 12.4. The van der Waals surface area contributed by atoms with E-state index in [1.165, 1.54) is 0 Å². The zero-order valence-electron chi connectivity index (χ0n) is 6.36. The van der Waals surface area contributed by atoms with Gasteiger partial charge < -0.3 is 4.74 Å². The van der Waals surface area contributed by atoms with Crippen LogP contribution in [0.2, 0.25) is 0 Å². The van der Waals surface area contributed by atoms with Gasteiger partial charge in [-0.05, 0) is 20.3 Å². The van der Waals surface area contributed by atoms with Gasteiger partial charge in [0.25, 0.3) is 0 Å². The van der Waals surface area contributed by atoms with Crippen LogP contribution in [0.15, 0.2) is 0 Å². The molecule has 0 fully saturated rings. The number of rotatable bonds is 4. The molecule has 0 aromatic rings. The number of halogens is 1. The number of alkyl halides is 1. The molecule has 9 heavy (non-hydrogen) atoms. The van der Waals surface area contributed by atoms with Crippen molar-refractivity contribution in [3.05, 3.63) is 0 Å². The van der Waals surface area contributed by atoms with Gasteiger partial charge in [-0.15, -0.1) is 0 Å². The second kappa shape index (κ2) is 4.74. The Kier molecular flexibility index (Phi) is 4.68. The molecule has 0 aliphatic heterocycles. The van der Waals surface area contributed by atoms with Crippen LogP contribution >= 0.6 is 0 Å². The Morgan fingerprint density at radius 2 is 2.00 bits per heavy atom. The molecule has 0 spiro atoms. The van der Waals surface area contributed by atoms with Crippen molar-refractivity contribution in [2.45, 2.75) is 39.5 Å². The van der Waals surface area contributed by atoms with Crippen LogP contribution in [0, 0.1) is 0 Å². The second-order valence-corrected chi connectivity index (χ2v) is 2.39. The lowest BCUT2D eigenvalue weighted by Gasteiger charge is -2.08. The predicted octanol–water partition coefficient (Wildman–Crippen LogP) is 2.16. The van der Waals surface area contributed by atoms with E-state index >= 15 is 0 Å². The fourth-order valence-electron chi connectivity index (χ4n) is 0.415. The third-order valence-electron chi connectivity index (χ3n) is 1.05. The van der Waals surface area contributed by atoms with E-state index in [1.807, 2.05) is 20.8 Å². The molecule has 0 N–H and O–H groups in total. The van der Waals surface area contributed by atoms with E-state index < -0.39 is 6.17 Å². The molecule has 0 rings (SSSR count). The summed E-state index contributed by atoms with van der Waals surface area (Å²) in [6.07, 6.45) is -0.0885. The van der Waals surface area contributed by atoms with Crippen molar-refractivity contribution < 1.29 is 9.13 Å². The van der Waals surface area contributed by atoms with Crippen LogP contribution in [0.25, 0.3) is 0 Å². The summed E-state index contributed by atoms with van der Waals surface area (Å²) in [7, 11) is 0. The number of hydrogen-bond acceptors (Lipinski definition) is 1. The third-order valence-corrected chi connectivity index (χ3v) is 1.05. The summed E-state index contributed by atoms with van der Waals surface area (Å²) in [5, 5.41) is 0. The summed E-state index contributed by atoms with van der Waals surface area (Å²) in [4.78, 5) is 0. The molecular weight excluding hydrogens is 119 g/mol. The summed E-state index contributed by atoms with van der Waals surface area (Å²) >= 11 is 0. The molecule has 0 unspecified atom stereocenters. The minimum atomic E-state index is -0.785. The number of ether oxygens (including phenoxy) is 1. The summed E-state index contributed by atoms with van der Waals surface area (Å²) in [5.41, 5.74) is 0. The Morgan fingerprint density at radius 1 is 1.44 bits per heavy atom. The van der Waals surface area contributed by atoms with E-state index in [0.29, 0.717) is 6.42 Å². The lowest BCUT2D eigenvalue weighted by Crippen LogP contribution is -2.13. The molecule has 0 saturated carbocycles. The van der Waals surface area contributed by atoms with Crippen molar-refractivity contribution in [2.75, 3.05) is 6.61 Å². The van der Waals surface area contributed by atoms with Crippen molar-refractivity contribution in [2.24, 2.45) is 0 Å². The van der Waals surface area contributed by atoms with Gasteiger partial charge in [-0.3, -0.25) is 0 Å². The van der Waals surface area contributed by atoms with Crippen LogP contribution in [0.3, 0.4) is 0 Å². The van der Waals surface area contributed by atoms with E-state index in [9.17, 15) is 4.39 Å². The SMILES string of the molecule is CC[C@H](F)COC(C)C. The average Bonchev–Trinajstić information content (AvgIpc) is 1.83. The highest BCUT2D eigenvalue weighted by atomic mass is 19.1. The molecule has 0 aliphatic carbocycles. The fraction of sp³-hybridized carbons (Fsp3) is 1.00. The van der Waals surface area contributed by atoms with Crippen molar-refractivity contribution in [1.82, 2.24) is 0 Å². The first-order valence-electron chi connectivity index (χ1n) is 3.42. The first-order chi connectivity index (χ1) is 4.16. The minimum Gasteiger partial charge on any atom is -0.376 e. The first-order valence-corrected chi connectivity index (χ1v) is 3.42. The Hall–Kier alpha value is -0.110. The zero-order valence-corrected chi connectivity index (χ0v) is 6.36. The van der Waals surface area contributed by atoms with Crippen molar-refractivity contribution >= 4 is 0 Å². The maximum absolute atomic E-state index is 12.4. The highest BCUT2D eigenvalue weighted by Gasteiger charge is 2.03. The molecule has 0 aromatic carbocycles. The highest BCUT2D eigenvalue weighted by molar-refractivity contribution is 4.50. The Bertz CT molecular complexity index is 63.9. The van der Waals surface area contributed by atoms with Crippen LogP contribution in [0.4, 0.5) is 4.39 Å². The average molecular weight is 134 g/mol. The molecule has 1 nitrogen and oxygen atoms in total. The molecule has 0 radical (unpaired) electrons. The molecule has 0 aliphatic rings. The lowest BCUT2D eigenvalue weighted by atomic mass is 10.3. The van der Waals surface area contributed by atoms with Gasteiger partial charge in [-0.25, -0.2) is 4.39 Å².